The summed E-state index contributed by atoms with van der Waals surface area (Å²) in [6.45, 7) is 0. The number of aromatic amines is 1. The molecule has 0 radical (unpaired) electrons. The van der Waals surface area contributed by atoms with E-state index in [0.29, 0.717) is 29.2 Å². The number of carbonyl (C=O) groups excluding carboxylic acids is 2. The Kier molecular flexibility index (Phi) is 7.05. The third-order valence-corrected chi connectivity index (χ3v) is 6.46. The van der Waals surface area contributed by atoms with E-state index in [1.165, 1.54) is 7.11 Å². The Bertz CT molecular complexity index is 1610. The lowest BCUT2D eigenvalue weighted by molar-refractivity contribution is -0.121. The van der Waals surface area contributed by atoms with Crippen LogP contribution in [0.15, 0.2) is 78.9 Å². The lowest BCUT2D eigenvalue weighted by Crippen LogP contribution is -2.41. The average molecular weight is 513 g/mol. The number of halogens is 1. The standard InChI is InChI=1S/C29H25ClN4O3/c1-37-26-11-5-3-8-21(26)29(36)34-33-27(35)12-6-9-20-22-17-19(30)14-16-24(22)32-28(20)25-15-13-18-7-2-4-10-23(18)31-25/h2-5,7-8,10-11,13-17,32H,6,9,12H2,1H3,(H,33,35)(H,34,36). The molecule has 0 aliphatic rings. The minimum Gasteiger partial charge on any atom is -0.496 e. The number of para-hydroxylation sites is 2. The molecule has 0 bridgehead atoms. The number of carbonyl (C=O) groups is 2. The topological polar surface area (TPSA) is 96.1 Å². The highest BCUT2D eigenvalue weighted by Gasteiger charge is 2.16. The summed E-state index contributed by atoms with van der Waals surface area (Å²) in [7, 11) is 1.49. The van der Waals surface area contributed by atoms with Gasteiger partial charge in [0.2, 0.25) is 5.91 Å². The number of fused-ring (bicyclic) bond motifs is 2. The van der Waals surface area contributed by atoms with Crippen molar-refractivity contribution in [2.45, 2.75) is 19.3 Å². The van der Waals surface area contributed by atoms with Crippen LogP contribution >= 0.6 is 11.6 Å². The van der Waals surface area contributed by atoms with E-state index in [-0.39, 0.29) is 12.3 Å². The van der Waals surface area contributed by atoms with Crippen molar-refractivity contribution in [3.8, 4) is 17.1 Å². The minimum atomic E-state index is -0.443. The Morgan fingerprint density at radius 2 is 1.78 bits per heavy atom. The highest BCUT2D eigenvalue weighted by Crippen LogP contribution is 2.33. The van der Waals surface area contributed by atoms with Crippen molar-refractivity contribution in [2.75, 3.05) is 7.11 Å². The van der Waals surface area contributed by atoms with Crippen molar-refractivity contribution < 1.29 is 14.3 Å². The predicted octanol–water partition coefficient (Wildman–Crippen LogP) is 5.83. The molecule has 3 aromatic carbocycles. The number of aryl methyl sites for hydroxylation is 1. The molecule has 5 aromatic rings. The van der Waals surface area contributed by atoms with Gasteiger partial charge in [-0.15, -0.1) is 0 Å². The molecule has 0 saturated heterocycles. The molecule has 0 spiro atoms. The largest absolute Gasteiger partial charge is 0.496 e. The molecular weight excluding hydrogens is 488 g/mol. The average Bonchev–Trinajstić information content (AvgIpc) is 3.28. The Hall–Kier alpha value is -4.36. The number of hydrogen-bond donors (Lipinski definition) is 3. The first-order valence-electron chi connectivity index (χ1n) is 11.9. The van der Waals surface area contributed by atoms with Crippen molar-refractivity contribution in [3.05, 3.63) is 95.0 Å². The van der Waals surface area contributed by atoms with E-state index in [2.05, 4.69) is 21.9 Å². The van der Waals surface area contributed by atoms with Crippen molar-refractivity contribution in [3.63, 3.8) is 0 Å². The third-order valence-electron chi connectivity index (χ3n) is 6.22. The summed E-state index contributed by atoms with van der Waals surface area (Å²) in [6.07, 6.45) is 1.42. The lowest BCUT2D eigenvalue weighted by Gasteiger charge is -2.10. The van der Waals surface area contributed by atoms with E-state index in [4.69, 9.17) is 21.3 Å². The zero-order valence-corrected chi connectivity index (χ0v) is 20.9. The molecule has 2 aromatic heterocycles. The smallest absolute Gasteiger partial charge is 0.273 e. The van der Waals surface area contributed by atoms with E-state index in [1.807, 2.05) is 48.5 Å². The molecule has 37 heavy (non-hydrogen) atoms. The van der Waals surface area contributed by atoms with Crippen LogP contribution in [-0.4, -0.2) is 28.9 Å². The first-order valence-corrected chi connectivity index (χ1v) is 12.3. The highest BCUT2D eigenvalue weighted by atomic mass is 35.5. The molecule has 0 atom stereocenters. The molecule has 0 aliphatic heterocycles. The van der Waals surface area contributed by atoms with Gasteiger partial charge < -0.3 is 9.72 Å². The second kappa shape index (κ2) is 10.7. The minimum absolute atomic E-state index is 0.226. The van der Waals surface area contributed by atoms with Gasteiger partial charge in [-0.05, 0) is 60.9 Å². The summed E-state index contributed by atoms with van der Waals surface area (Å²) < 4.78 is 5.20. The van der Waals surface area contributed by atoms with E-state index in [1.54, 1.807) is 24.3 Å². The quantitative estimate of drug-likeness (QED) is 0.239. The van der Waals surface area contributed by atoms with Crippen LogP contribution in [0.2, 0.25) is 5.02 Å². The summed E-state index contributed by atoms with van der Waals surface area (Å²) in [5.74, 6) is -0.296. The maximum absolute atomic E-state index is 12.5. The number of ether oxygens (including phenoxy) is 1. The summed E-state index contributed by atoms with van der Waals surface area (Å²) in [6, 6.07) is 24.6. The number of hydrogen-bond acceptors (Lipinski definition) is 4. The van der Waals surface area contributed by atoms with E-state index in [9.17, 15) is 9.59 Å². The maximum Gasteiger partial charge on any atom is 0.273 e. The summed E-state index contributed by atoms with van der Waals surface area (Å²) >= 11 is 6.31. The fourth-order valence-electron chi connectivity index (χ4n) is 4.42. The van der Waals surface area contributed by atoms with Gasteiger partial charge in [-0.3, -0.25) is 20.4 Å². The summed E-state index contributed by atoms with van der Waals surface area (Å²) in [4.78, 5) is 33.3. The molecule has 7 nitrogen and oxygen atoms in total. The number of nitrogens with zero attached hydrogens (tertiary/aromatic N) is 1. The normalized spacial score (nSPS) is 11.0. The Morgan fingerprint density at radius 1 is 0.973 bits per heavy atom. The van der Waals surface area contributed by atoms with Gasteiger partial charge in [0.1, 0.15) is 5.75 Å². The first-order chi connectivity index (χ1) is 18.0. The number of aromatic nitrogens is 2. The van der Waals surface area contributed by atoms with Crippen molar-refractivity contribution in [1.82, 2.24) is 20.8 Å². The maximum atomic E-state index is 12.5. The molecule has 0 unspecified atom stereocenters. The number of H-pyrrole nitrogens is 1. The number of amides is 2. The fraction of sp³-hybridized carbons (Fsp3) is 0.138. The molecule has 0 aliphatic carbocycles. The molecular formula is C29H25ClN4O3. The number of methoxy groups -OCH3 is 1. The molecule has 8 heteroatoms. The van der Waals surface area contributed by atoms with Gasteiger partial charge in [-0.1, -0.05) is 48.0 Å². The Morgan fingerprint density at radius 3 is 2.65 bits per heavy atom. The van der Waals surface area contributed by atoms with E-state index >= 15 is 0 Å². The number of nitrogens with one attached hydrogen (secondary N) is 3. The van der Waals surface area contributed by atoms with Gasteiger partial charge in [-0.2, -0.15) is 0 Å². The predicted molar refractivity (Wildman–Crippen MR) is 146 cm³/mol. The van der Waals surface area contributed by atoms with Crippen LogP contribution in [0.1, 0.15) is 28.8 Å². The molecule has 5 rings (SSSR count). The van der Waals surface area contributed by atoms with E-state index < -0.39 is 5.91 Å². The van der Waals surface area contributed by atoms with Gasteiger partial charge in [0.25, 0.3) is 5.91 Å². The summed E-state index contributed by atoms with van der Waals surface area (Å²) in [5, 5.41) is 2.71. The van der Waals surface area contributed by atoms with Crippen LogP contribution in [0.4, 0.5) is 0 Å². The molecule has 3 N–H and O–H groups in total. The van der Waals surface area contributed by atoms with Crippen molar-refractivity contribution in [2.24, 2.45) is 0 Å². The Labute approximate surface area is 218 Å². The SMILES string of the molecule is COc1ccccc1C(=O)NNC(=O)CCCc1c(-c2ccc3ccccc3n2)[nH]c2ccc(Cl)cc12. The Balaban J connectivity index is 1.30. The van der Waals surface area contributed by atoms with Crippen LogP contribution in [0.5, 0.6) is 5.75 Å². The fourth-order valence-corrected chi connectivity index (χ4v) is 4.59. The first kappa shape index (κ1) is 24.3. The summed E-state index contributed by atoms with van der Waals surface area (Å²) in [5.41, 5.74) is 9.94. The highest BCUT2D eigenvalue weighted by molar-refractivity contribution is 6.31. The molecule has 186 valence electrons. The zero-order valence-electron chi connectivity index (χ0n) is 20.2. The zero-order chi connectivity index (χ0) is 25.8. The van der Waals surface area contributed by atoms with Gasteiger partial charge in [-0.25, -0.2) is 4.98 Å². The van der Waals surface area contributed by atoms with Crippen LogP contribution in [0.25, 0.3) is 33.2 Å². The number of hydrazine groups is 1. The number of benzene rings is 3. The monoisotopic (exact) mass is 512 g/mol. The van der Waals surface area contributed by atoms with Crippen molar-refractivity contribution in [1.29, 1.82) is 0 Å². The number of pyridine rings is 1. The van der Waals surface area contributed by atoms with Gasteiger partial charge in [0.15, 0.2) is 0 Å². The van der Waals surface area contributed by atoms with Crippen LogP contribution in [0, 0.1) is 0 Å². The third kappa shape index (κ3) is 5.27. The van der Waals surface area contributed by atoms with Crippen LogP contribution in [0.3, 0.4) is 0 Å². The molecule has 2 amide bonds. The number of rotatable bonds is 7. The van der Waals surface area contributed by atoms with Gasteiger partial charge in [0, 0.05) is 27.7 Å². The molecule has 0 saturated carbocycles. The van der Waals surface area contributed by atoms with Crippen LogP contribution in [-0.2, 0) is 11.2 Å². The van der Waals surface area contributed by atoms with Crippen molar-refractivity contribution >= 4 is 45.2 Å². The molecule has 2 heterocycles. The second-order valence-electron chi connectivity index (χ2n) is 8.61. The second-order valence-corrected chi connectivity index (χ2v) is 9.05. The lowest BCUT2D eigenvalue weighted by atomic mass is 10.0. The van der Waals surface area contributed by atoms with Gasteiger partial charge >= 0.3 is 0 Å². The molecule has 0 fully saturated rings. The van der Waals surface area contributed by atoms with E-state index in [0.717, 1.165) is 38.8 Å². The van der Waals surface area contributed by atoms with Gasteiger partial charge in [0.05, 0.1) is 29.6 Å². The van der Waals surface area contributed by atoms with Crippen LogP contribution < -0.4 is 15.6 Å².